The molecular weight excluding hydrogens is 449 g/mol. The number of ether oxygens (including phenoxy) is 1. The fourth-order valence-electron chi connectivity index (χ4n) is 3.28. The highest BCUT2D eigenvalue weighted by Crippen LogP contribution is 2.34. The van der Waals surface area contributed by atoms with Gasteiger partial charge in [0, 0.05) is 27.9 Å². The number of amides is 1. The number of rotatable bonds is 5. The lowest BCUT2D eigenvalue weighted by Gasteiger charge is -2.15. The van der Waals surface area contributed by atoms with Gasteiger partial charge in [0.15, 0.2) is 5.76 Å². The number of benzene rings is 2. The number of halogens is 2. The smallest absolute Gasteiger partial charge is 0.412 e. The Kier molecular flexibility index (Phi) is 6.44. The second-order valence-electron chi connectivity index (χ2n) is 7.09. The van der Waals surface area contributed by atoms with Crippen LogP contribution in [0.15, 0.2) is 71.4 Å². The van der Waals surface area contributed by atoms with Crippen molar-refractivity contribution < 1.29 is 14.1 Å². The molecule has 0 aliphatic heterocycles. The molecule has 1 N–H and O–H groups in total. The van der Waals surface area contributed by atoms with Crippen LogP contribution in [0.5, 0.6) is 0 Å². The van der Waals surface area contributed by atoms with Crippen LogP contribution in [0.1, 0.15) is 24.3 Å². The molecule has 1 unspecified atom stereocenters. The maximum Gasteiger partial charge on any atom is 0.412 e. The molecule has 2 heterocycles. The molecule has 0 fully saturated rings. The first kappa shape index (κ1) is 21.9. The first-order chi connectivity index (χ1) is 15.4. The van der Waals surface area contributed by atoms with Crippen LogP contribution < -0.4 is 5.32 Å². The van der Waals surface area contributed by atoms with Gasteiger partial charge in [0.2, 0.25) is 0 Å². The summed E-state index contributed by atoms with van der Waals surface area (Å²) in [6, 6.07) is 18.5. The highest BCUT2D eigenvalue weighted by atomic mass is 35.5. The Balaban J connectivity index is 1.53. The Bertz CT molecular complexity index is 1260. The van der Waals surface area contributed by atoms with Gasteiger partial charge in [0.05, 0.1) is 0 Å². The van der Waals surface area contributed by atoms with E-state index in [-0.39, 0.29) is 0 Å². The van der Waals surface area contributed by atoms with Crippen molar-refractivity contribution >= 4 is 35.0 Å². The monoisotopic (exact) mass is 467 g/mol. The summed E-state index contributed by atoms with van der Waals surface area (Å²) in [5.74, 6) is 0.425. The third-order valence-electron chi connectivity index (χ3n) is 4.93. The molecule has 0 aliphatic carbocycles. The predicted octanol–water partition coefficient (Wildman–Crippen LogP) is 7.33. The van der Waals surface area contributed by atoms with Crippen LogP contribution in [0.25, 0.3) is 22.5 Å². The summed E-state index contributed by atoms with van der Waals surface area (Å²) in [4.78, 5) is 16.7. The average molecular weight is 468 g/mol. The van der Waals surface area contributed by atoms with E-state index in [9.17, 15) is 4.79 Å². The van der Waals surface area contributed by atoms with Gasteiger partial charge in [0.25, 0.3) is 0 Å². The summed E-state index contributed by atoms with van der Waals surface area (Å²) in [7, 11) is 0. The largest absolute Gasteiger partial charge is 0.441 e. The summed E-state index contributed by atoms with van der Waals surface area (Å²) < 4.78 is 11.0. The van der Waals surface area contributed by atoms with Crippen molar-refractivity contribution in [2.24, 2.45) is 0 Å². The first-order valence-electron chi connectivity index (χ1n) is 9.83. The van der Waals surface area contributed by atoms with Gasteiger partial charge in [-0.05, 0) is 37.6 Å². The molecule has 0 radical (unpaired) electrons. The average Bonchev–Trinajstić information content (AvgIpc) is 3.14. The minimum atomic E-state index is -0.635. The van der Waals surface area contributed by atoms with Crippen molar-refractivity contribution in [3.63, 3.8) is 0 Å². The van der Waals surface area contributed by atoms with E-state index in [2.05, 4.69) is 15.5 Å². The van der Waals surface area contributed by atoms with E-state index in [0.717, 1.165) is 22.3 Å². The van der Waals surface area contributed by atoms with Crippen LogP contribution in [0, 0.1) is 6.92 Å². The summed E-state index contributed by atoms with van der Waals surface area (Å²) in [6.45, 7) is 3.49. The molecule has 2 aromatic heterocycles. The number of hydrogen-bond donors (Lipinski definition) is 1. The number of anilines is 1. The molecule has 0 spiro atoms. The third kappa shape index (κ3) is 4.61. The van der Waals surface area contributed by atoms with Crippen molar-refractivity contribution in [2.75, 3.05) is 5.32 Å². The van der Waals surface area contributed by atoms with Gasteiger partial charge in [-0.25, -0.2) is 9.78 Å². The Morgan fingerprint density at radius 2 is 1.75 bits per heavy atom. The molecular formula is C24H19Cl2N3O3. The van der Waals surface area contributed by atoms with Crippen molar-refractivity contribution in [1.82, 2.24) is 10.1 Å². The molecule has 162 valence electrons. The van der Waals surface area contributed by atoms with Gasteiger partial charge < -0.3 is 9.26 Å². The van der Waals surface area contributed by atoms with Gasteiger partial charge in [-0.3, -0.25) is 5.32 Å². The van der Waals surface area contributed by atoms with Gasteiger partial charge in [0.1, 0.15) is 22.6 Å². The van der Waals surface area contributed by atoms with E-state index in [1.807, 2.05) is 54.6 Å². The molecule has 0 bridgehead atoms. The quantitative estimate of drug-likeness (QED) is 0.310. The maximum atomic E-state index is 12.6. The molecule has 0 saturated heterocycles. The molecule has 2 aromatic carbocycles. The zero-order valence-electron chi connectivity index (χ0n) is 17.3. The van der Waals surface area contributed by atoms with Crippen LogP contribution >= 0.6 is 23.2 Å². The Hall–Kier alpha value is -3.35. The number of carbonyl (C=O) groups excluding carboxylic acids is 1. The normalized spacial score (nSPS) is 11.8. The zero-order valence-corrected chi connectivity index (χ0v) is 18.8. The summed E-state index contributed by atoms with van der Waals surface area (Å²) >= 11 is 12.4. The SMILES string of the molecule is Cc1noc(-c2ccc(-c3cccnc3Cl)cc2)c1NC(=O)OC(C)c1ccccc1Cl. The van der Waals surface area contributed by atoms with E-state index >= 15 is 0 Å². The van der Waals surface area contributed by atoms with Crippen molar-refractivity contribution in [2.45, 2.75) is 20.0 Å². The number of hydrogen-bond acceptors (Lipinski definition) is 5. The number of nitrogens with one attached hydrogen (secondary N) is 1. The fourth-order valence-corrected chi connectivity index (χ4v) is 3.79. The first-order valence-corrected chi connectivity index (χ1v) is 10.6. The van der Waals surface area contributed by atoms with Crippen LogP contribution in [0.2, 0.25) is 10.2 Å². The third-order valence-corrected chi connectivity index (χ3v) is 5.58. The van der Waals surface area contributed by atoms with E-state index in [4.69, 9.17) is 32.5 Å². The Morgan fingerprint density at radius 1 is 1.03 bits per heavy atom. The van der Waals surface area contributed by atoms with Gasteiger partial charge in [-0.15, -0.1) is 0 Å². The molecule has 6 nitrogen and oxygen atoms in total. The van der Waals surface area contributed by atoms with E-state index < -0.39 is 12.2 Å². The highest BCUT2D eigenvalue weighted by Gasteiger charge is 2.20. The summed E-state index contributed by atoms with van der Waals surface area (Å²) in [5, 5.41) is 7.69. The number of aryl methyl sites for hydroxylation is 1. The lowest BCUT2D eigenvalue weighted by molar-refractivity contribution is 0.121. The Labute approximate surface area is 195 Å². The van der Waals surface area contributed by atoms with Gasteiger partial charge in [-0.1, -0.05) is 70.8 Å². The van der Waals surface area contributed by atoms with E-state index in [0.29, 0.717) is 27.3 Å². The number of pyridine rings is 1. The van der Waals surface area contributed by atoms with Crippen LogP contribution in [0.3, 0.4) is 0 Å². The highest BCUT2D eigenvalue weighted by molar-refractivity contribution is 6.32. The molecule has 4 rings (SSSR count). The second kappa shape index (κ2) is 9.42. The van der Waals surface area contributed by atoms with Crippen molar-refractivity contribution in [3.05, 3.63) is 88.3 Å². The van der Waals surface area contributed by atoms with Crippen molar-refractivity contribution in [3.8, 4) is 22.5 Å². The predicted molar refractivity (Wildman–Crippen MR) is 125 cm³/mol. The molecule has 0 aliphatic rings. The molecule has 1 atom stereocenters. The summed E-state index contributed by atoms with van der Waals surface area (Å²) in [6.07, 6.45) is 0.473. The van der Waals surface area contributed by atoms with Crippen LogP contribution in [0.4, 0.5) is 10.5 Å². The fraction of sp³-hybridized carbons (Fsp3) is 0.125. The number of carbonyl (C=O) groups is 1. The van der Waals surface area contributed by atoms with E-state index in [1.165, 1.54) is 0 Å². The zero-order chi connectivity index (χ0) is 22.7. The van der Waals surface area contributed by atoms with Crippen LogP contribution in [-0.4, -0.2) is 16.2 Å². The maximum absolute atomic E-state index is 12.6. The topological polar surface area (TPSA) is 77.3 Å². The molecule has 32 heavy (non-hydrogen) atoms. The van der Waals surface area contributed by atoms with Gasteiger partial charge >= 0.3 is 6.09 Å². The van der Waals surface area contributed by atoms with Crippen molar-refractivity contribution in [1.29, 1.82) is 0 Å². The lowest BCUT2D eigenvalue weighted by atomic mass is 10.0. The minimum Gasteiger partial charge on any atom is -0.441 e. The minimum absolute atomic E-state index is 0.425. The molecule has 1 amide bonds. The molecule has 8 heteroatoms. The lowest BCUT2D eigenvalue weighted by Crippen LogP contribution is -2.17. The second-order valence-corrected chi connectivity index (χ2v) is 7.85. The standard InChI is InChI=1S/C24H19Cl2N3O3/c1-14-21(28-24(30)31-15(2)18-6-3-4-8-20(18)25)22(32-29-14)17-11-9-16(10-12-17)19-7-5-13-27-23(19)26/h3-13,15H,1-2H3,(H,28,30). The summed E-state index contributed by atoms with van der Waals surface area (Å²) in [5.41, 5.74) is 4.16. The molecule has 4 aromatic rings. The number of nitrogens with zero attached hydrogens (tertiary/aromatic N) is 2. The number of aromatic nitrogens is 2. The Morgan fingerprint density at radius 3 is 2.47 bits per heavy atom. The molecule has 0 saturated carbocycles. The van der Waals surface area contributed by atoms with E-state index in [1.54, 1.807) is 26.1 Å². The van der Waals surface area contributed by atoms with Crippen LogP contribution in [-0.2, 0) is 4.74 Å². The van der Waals surface area contributed by atoms with Gasteiger partial charge in [-0.2, -0.15) is 0 Å².